The molecule has 1 aliphatic carbocycles. The number of benzene rings is 1. The Morgan fingerprint density at radius 3 is 3.05 bits per heavy atom. The van der Waals surface area contributed by atoms with Crippen molar-refractivity contribution in [3.8, 4) is 6.07 Å². The highest BCUT2D eigenvalue weighted by molar-refractivity contribution is 7.10. The van der Waals surface area contributed by atoms with Gasteiger partial charge in [0, 0.05) is 16.1 Å². The molecule has 0 fully saturated rings. The number of rotatable bonds is 2. The van der Waals surface area contributed by atoms with Gasteiger partial charge in [-0.2, -0.15) is 5.26 Å². The van der Waals surface area contributed by atoms with Crippen LogP contribution in [0.3, 0.4) is 0 Å². The van der Waals surface area contributed by atoms with Crippen molar-refractivity contribution < 1.29 is 0 Å². The maximum absolute atomic E-state index is 9.73. The van der Waals surface area contributed by atoms with Crippen LogP contribution in [-0.4, -0.2) is 0 Å². The van der Waals surface area contributed by atoms with Crippen molar-refractivity contribution in [2.75, 3.05) is 5.32 Å². The second-order valence-electron chi connectivity index (χ2n) is 5.12. The minimum Gasteiger partial charge on any atom is -0.364 e. The van der Waals surface area contributed by atoms with E-state index in [9.17, 15) is 5.26 Å². The first-order chi connectivity index (χ1) is 9.23. The van der Waals surface area contributed by atoms with Crippen LogP contribution in [0.4, 0.5) is 5.69 Å². The fraction of sp³-hybridized carbons (Fsp3) is 0.312. The van der Waals surface area contributed by atoms with Crippen molar-refractivity contribution in [2.24, 2.45) is 0 Å². The predicted octanol–water partition coefficient (Wildman–Crippen LogP) is 4.22. The Morgan fingerprint density at radius 1 is 1.37 bits per heavy atom. The molecule has 1 atom stereocenters. The number of thiophene rings is 1. The van der Waals surface area contributed by atoms with Gasteiger partial charge in [0.05, 0.1) is 6.07 Å². The van der Waals surface area contributed by atoms with E-state index < -0.39 is 5.54 Å². The van der Waals surface area contributed by atoms with Crippen LogP contribution in [-0.2, 0) is 12.0 Å². The van der Waals surface area contributed by atoms with Crippen molar-refractivity contribution >= 4 is 17.0 Å². The third-order valence-corrected chi connectivity index (χ3v) is 4.71. The first kappa shape index (κ1) is 12.3. The molecule has 0 radical (unpaired) electrons. The minimum atomic E-state index is -0.554. The van der Waals surface area contributed by atoms with Gasteiger partial charge in [0.1, 0.15) is 0 Å². The molecule has 0 amide bonds. The third kappa shape index (κ3) is 2.13. The molecule has 19 heavy (non-hydrogen) atoms. The number of nitrogens with zero attached hydrogens (tertiary/aromatic N) is 1. The molecule has 3 heteroatoms. The first-order valence-corrected chi connectivity index (χ1v) is 7.44. The van der Waals surface area contributed by atoms with E-state index in [0.29, 0.717) is 0 Å². The first-order valence-electron chi connectivity index (χ1n) is 6.56. The fourth-order valence-electron chi connectivity index (χ4n) is 2.81. The number of fused-ring (bicyclic) bond motifs is 1. The number of hydrogen-bond donors (Lipinski definition) is 1. The summed E-state index contributed by atoms with van der Waals surface area (Å²) in [5, 5.41) is 15.3. The molecular weight excluding hydrogens is 252 g/mol. The smallest absolute Gasteiger partial charge is 0.152 e. The van der Waals surface area contributed by atoms with Crippen molar-refractivity contribution in [1.29, 1.82) is 5.26 Å². The van der Waals surface area contributed by atoms with Gasteiger partial charge in [-0.1, -0.05) is 12.1 Å². The summed E-state index contributed by atoms with van der Waals surface area (Å²) in [6, 6.07) is 12.9. The number of nitrogens with one attached hydrogen (secondary N) is 1. The molecule has 0 bridgehead atoms. The van der Waals surface area contributed by atoms with Crippen LogP contribution in [0.15, 0.2) is 35.7 Å². The quantitative estimate of drug-likeness (QED) is 0.885. The van der Waals surface area contributed by atoms with Crippen LogP contribution in [0.1, 0.15) is 28.8 Å². The van der Waals surface area contributed by atoms with Crippen molar-refractivity contribution in [1.82, 2.24) is 0 Å². The molecule has 0 aliphatic heterocycles. The van der Waals surface area contributed by atoms with Crippen LogP contribution >= 0.6 is 11.3 Å². The fourth-order valence-corrected chi connectivity index (χ4v) is 3.81. The van der Waals surface area contributed by atoms with Gasteiger partial charge in [-0.25, -0.2) is 0 Å². The minimum absolute atomic E-state index is 0.554. The Hall–Kier alpha value is -1.79. The molecule has 1 heterocycles. The summed E-state index contributed by atoms with van der Waals surface area (Å²) in [5.74, 6) is 0. The lowest BCUT2D eigenvalue weighted by Crippen LogP contribution is -2.36. The lowest BCUT2D eigenvalue weighted by molar-refractivity contribution is 0.511. The second kappa shape index (κ2) is 4.71. The molecule has 1 aliphatic rings. The van der Waals surface area contributed by atoms with E-state index in [-0.39, 0.29) is 0 Å². The molecular formula is C16H16N2S. The molecule has 1 aromatic heterocycles. The van der Waals surface area contributed by atoms with Crippen molar-refractivity contribution in [2.45, 2.75) is 31.7 Å². The summed E-state index contributed by atoms with van der Waals surface area (Å²) in [6.45, 7) is 2.07. The van der Waals surface area contributed by atoms with Crippen LogP contribution < -0.4 is 5.32 Å². The second-order valence-corrected chi connectivity index (χ2v) is 6.12. The maximum atomic E-state index is 9.73. The van der Waals surface area contributed by atoms with Gasteiger partial charge in [0.2, 0.25) is 0 Å². The van der Waals surface area contributed by atoms with Crippen LogP contribution in [0.2, 0.25) is 0 Å². The summed E-state index contributed by atoms with van der Waals surface area (Å²) in [7, 11) is 0. The normalized spacial score (nSPS) is 21.5. The molecule has 2 nitrogen and oxygen atoms in total. The van der Waals surface area contributed by atoms with E-state index in [2.05, 4.69) is 41.9 Å². The Kier molecular flexibility index (Phi) is 3.04. The Labute approximate surface area is 117 Å². The zero-order chi connectivity index (χ0) is 13.3. The van der Waals surface area contributed by atoms with Gasteiger partial charge in [0.25, 0.3) is 0 Å². The Bertz CT molecular complexity index is 638. The van der Waals surface area contributed by atoms with Gasteiger partial charge < -0.3 is 5.32 Å². The summed E-state index contributed by atoms with van der Waals surface area (Å²) in [6.07, 6.45) is 3.05. The summed E-state index contributed by atoms with van der Waals surface area (Å²) >= 11 is 1.77. The molecule has 0 saturated carbocycles. The van der Waals surface area contributed by atoms with Crippen molar-refractivity contribution in [3.63, 3.8) is 0 Å². The molecule has 3 rings (SSSR count). The highest BCUT2D eigenvalue weighted by Crippen LogP contribution is 2.40. The molecule has 1 N–H and O–H groups in total. The zero-order valence-electron chi connectivity index (χ0n) is 10.9. The molecule has 1 aromatic carbocycles. The highest BCUT2D eigenvalue weighted by Gasteiger charge is 2.37. The molecule has 1 unspecified atom stereocenters. The predicted molar refractivity (Wildman–Crippen MR) is 79.3 cm³/mol. The van der Waals surface area contributed by atoms with Gasteiger partial charge in [0.15, 0.2) is 5.54 Å². The summed E-state index contributed by atoms with van der Waals surface area (Å²) in [5.41, 5.74) is 2.86. The van der Waals surface area contributed by atoms with Gasteiger partial charge in [-0.15, -0.1) is 11.3 Å². The van der Waals surface area contributed by atoms with E-state index in [1.807, 2.05) is 12.1 Å². The number of nitriles is 1. The van der Waals surface area contributed by atoms with Gasteiger partial charge in [-0.05, 0) is 55.3 Å². The van der Waals surface area contributed by atoms with E-state index in [0.717, 1.165) is 24.9 Å². The topological polar surface area (TPSA) is 35.8 Å². The van der Waals surface area contributed by atoms with Crippen LogP contribution in [0, 0.1) is 18.3 Å². The molecule has 2 aromatic rings. The molecule has 0 saturated heterocycles. The average Bonchev–Trinajstić information content (AvgIpc) is 2.88. The number of aryl methyl sites for hydroxylation is 2. The zero-order valence-corrected chi connectivity index (χ0v) is 11.8. The van der Waals surface area contributed by atoms with E-state index in [4.69, 9.17) is 0 Å². The third-order valence-electron chi connectivity index (χ3n) is 3.73. The Morgan fingerprint density at radius 2 is 2.26 bits per heavy atom. The standard InChI is InChI=1S/C16H16N2S/c1-12-4-2-5-13(10-12)18-16(11-17)8-3-6-15-14(16)7-9-19-15/h2,4-5,7,9-10,18H,3,6,8H2,1H3. The van der Waals surface area contributed by atoms with Crippen LogP contribution in [0.25, 0.3) is 0 Å². The van der Waals surface area contributed by atoms with E-state index in [1.54, 1.807) is 11.3 Å². The van der Waals surface area contributed by atoms with Crippen LogP contribution in [0.5, 0.6) is 0 Å². The van der Waals surface area contributed by atoms with E-state index >= 15 is 0 Å². The SMILES string of the molecule is Cc1cccc(NC2(C#N)CCCc3sccc32)c1. The monoisotopic (exact) mass is 268 g/mol. The lowest BCUT2D eigenvalue weighted by Gasteiger charge is -2.33. The average molecular weight is 268 g/mol. The number of hydrogen-bond acceptors (Lipinski definition) is 3. The van der Waals surface area contributed by atoms with E-state index in [1.165, 1.54) is 16.0 Å². The number of anilines is 1. The largest absolute Gasteiger partial charge is 0.364 e. The van der Waals surface area contributed by atoms with Gasteiger partial charge >= 0.3 is 0 Å². The lowest BCUT2D eigenvalue weighted by atomic mass is 9.81. The van der Waals surface area contributed by atoms with Gasteiger partial charge in [-0.3, -0.25) is 0 Å². The van der Waals surface area contributed by atoms with Crippen molar-refractivity contribution in [3.05, 3.63) is 51.7 Å². The highest BCUT2D eigenvalue weighted by atomic mass is 32.1. The maximum Gasteiger partial charge on any atom is 0.152 e. The molecule has 96 valence electrons. The molecule has 0 spiro atoms. The summed E-state index contributed by atoms with van der Waals surface area (Å²) in [4.78, 5) is 1.35. The summed E-state index contributed by atoms with van der Waals surface area (Å²) < 4.78 is 0. The Balaban J connectivity index is 2.01.